The van der Waals surface area contributed by atoms with Crippen LogP contribution in [0.2, 0.25) is 0 Å². The molecule has 0 radical (unpaired) electrons. The van der Waals surface area contributed by atoms with Gasteiger partial charge < -0.3 is 15.8 Å². The molecule has 0 aliphatic rings. The summed E-state index contributed by atoms with van der Waals surface area (Å²) >= 11 is 0. The van der Waals surface area contributed by atoms with Gasteiger partial charge in [0.05, 0.1) is 6.61 Å². The zero-order valence-corrected chi connectivity index (χ0v) is 8.86. The van der Waals surface area contributed by atoms with Gasteiger partial charge in [0, 0.05) is 18.0 Å². The van der Waals surface area contributed by atoms with E-state index in [0.29, 0.717) is 18.1 Å². The molecule has 0 bridgehead atoms. The molecule has 3 N–H and O–H groups in total. The molecule has 82 valence electrons. The maximum Gasteiger partial charge on any atom is 0.328 e. The lowest BCUT2D eigenvalue weighted by molar-refractivity contribution is -0.143. The van der Waals surface area contributed by atoms with Crippen molar-refractivity contribution >= 4 is 17.5 Å². The maximum atomic E-state index is 11.3. The van der Waals surface area contributed by atoms with Crippen LogP contribution in [-0.2, 0) is 9.53 Å². The third-order valence-electron chi connectivity index (χ3n) is 1.79. The van der Waals surface area contributed by atoms with E-state index >= 15 is 0 Å². The van der Waals surface area contributed by atoms with Gasteiger partial charge in [-0.2, -0.15) is 0 Å². The SMILES string of the molecule is CCOC(=O)C(C)Nc1cc(N)ccn1. The van der Waals surface area contributed by atoms with E-state index in [1.807, 2.05) is 0 Å². The summed E-state index contributed by atoms with van der Waals surface area (Å²) in [6.45, 7) is 3.85. The minimum absolute atomic E-state index is 0.304. The Kier molecular flexibility index (Phi) is 3.91. The zero-order valence-electron chi connectivity index (χ0n) is 8.86. The molecule has 0 amide bonds. The Morgan fingerprint density at radius 2 is 2.47 bits per heavy atom. The van der Waals surface area contributed by atoms with E-state index < -0.39 is 6.04 Å². The Morgan fingerprint density at radius 1 is 1.73 bits per heavy atom. The number of hydrogen-bond donors (Lipinski definition) is 2. The van der Waals surface area contributed by atoms with Crippen molar-refractivity contribution in [3.8, 4) is 0 Å². The van der Waals surface area contributed by atoms with Crippen LogP contribution < -0.4 is 11.1 Å². The molecule has 1 unspecified atom stereocenters. The summed E-state index contributed by atoms with van der Waals surface area (Å²) in [6, 6.07) is 2.91. The molecule has 0 aromatic carbocycles. The Balaban J connectivity index is 2.58. The van der Waals surface area contributed by atoms with Gasteiger partial charge in [-0.15, -0.1) is 0 Å². The molecule has 0 spiro atoms. The molecule has 0 aliphatic heterocycles. The lowest BCUT2D eigenvalue weighted by Gasteiger charge is -2.12. The largest absolute Gasteiger partial charge is 0.464 e. The van der Waals surface area contributed by atoms with Gasteiger partial charge in [-0.3, -0.25) is 0 Å². The van der Waals surface area contributed by atoms with Gasteiger partial charge in [0.15, 0.2) is 0 Å². The van der Waals surface area contributed by atoms with Crippen LogP contribution in [0.3, 0.4) is 0 Å². The number of nitrogens with zero attached hydrogens (tertiary/aromatic N) is 1. The average Bonchev–Trinajstić information content (AvgIpc) is 2.18. The molecular weight excluding hydrogens is 194 g/mol. The van der Waals surface area contributed by atoms with E-state index in [-0.39, 0.29) is 5.97 Å². The van der Waals surface area contributed by atoms with Crippen molar-refractivity contribution in [2.24, 2.45) is 0 Å². The van der Waals surface area contributed by atoms with Crippen molar-refractivity contribution in [1.82, 2.24) is 4.98 Å². The smallest absolute Gasteiger partial charge is 0.328 e. The number of hydrogen-bond acceptors (Lipinski definition) is 5. The quantitative estimate of drug-likeness (QED) is 0.724. The van der Waals surface area contributed by atoms with Gasteiger partial charge in [-0.25, -0.2) is 9.78 Å². The molecule has 0 saturated heterocycles. The second-order valence-electron chi connectivity index (χ2n) is 3.09. The number of esters is 1. The number of rotatable bonds is 4. The molecule has 0 saturated carbocycles. The number of nitrogens with two attached hydrogens (primary N) is 1. The standard InChI is InChI=1S/C10H15N3O2/c1-3-15-10(14)7(2)13-9-6-8(11)4-5-12-9/h4-7H,3H2,1-2H3,(H3,11,12,13). The van der Waals surface area contributed by atoms with Crippen LogP contribution in [0.25, 0.3) is 0 Å². The minimum Gasteiger partial charge on any atom is -0.464 e. The third kappa shape index (κ3) is 3.46. The topological polar surface area (TPSA) is 77.2 Å². The molecule has 1 atom stereocenters. The van der Waals surface area contributed by atoms with Gasteiger partial charge in [0.1, 0.15) is 11.9 Å². The second kappa shape index (κ2) is 5.19. The number of carbonyl (C=O) groups excluding carboxylic acids is 1. The summed E-state index contributed by atoms with van der Waals surface area (Å²) in [4.78, 5) is 15.3. The van der Waals surface area contributed by atoms with Gasteiger partial charge in [-0.1, -0.05) is 0 Å². The number of nitrogens with one attached hydrogen (secondary N) is 1. The molecule has 1 aromatic rings. The molecule has 5 nitrogen and oxygen atoms in total. The van der Waals surface area contributed by atoms with Gasteiger partial charge in [0.25, 0.3) is 0 Å². The Bertz CT molecular complexity index is 341. The van der Waals surface area contributed by atoms with Crippen molar-refractivity contribution < 1.29 is 9.53 Å². The predicted octanol–water partition coefficient (Wildman–Crippen LogP) is 1.03. The first-order valence-electron chi connectivity index (χ1n) is 4.78. The summed E-state index contributed by atoms with van der Waals surface area (Å²) in [7, 11) is 0. The number of pyridine rings is 1. The molecule has 1 rings (SSSR count). The van der Waals surface area contributed by atoms with Gasteiger partial charge in [-0.05, 0) is 19.9 Å². The normalized spacial score (nSPS) is 11.9. The van der Waals surface area contributed by atoms with Gasteiger partial charge >= 0.3 is 5.97 Å². The minimum atomic E-state index is -0.431. The van der Waals surface area contributed by atoms with Crippen molar-refractivity contribution in [3.05, 3.63) is 18.3 Å². The van der Waals surface area contributed by atoms with E-state index in [4.69, 9.17) is 10.5 Å². The first-order valence-corrected chi connectivity index (χ1v) is 4.78. The average molecular weight is 209 g/mol. The second-order valence-corrected chi connectivity index (χ2v) is 3.09. The molecule has 0 aliphatic carbocycles. The lowest BCUT2D eigenvalue weighted by Crippen LogP contribution is -2.28. The fourth-order valence-electron chi connectivity index (χ4n) is 1.07. The Labute approximate surface area is 88.6 Å². The number of carbonyl (C=O) groups is 1. The van der Waals surface area contributed by atoms with Crippen LogP contribution in [0.1, 0.15) is 13.8 Å². The number of ether oxygens (including phenoxy) is 1. The highest BCUT2D eigenvalue weighted by atomic mass is 16.5. The molecule has 15 heavy (non-hydrogen) atoms. The summed E-state index contributed by atoms with van der Waals surface area (Å²) in [5, 5.41) is 2.90. The summed E-state index contributed by atoms with van der Waals surface area (Å²) < 4.78 is 4.85. The van der Waals surface area contributed by atoms with Crippen LogP contribution in [0.5, 0.6) is 0 Å². The highest BCUT2D eigenvalue weighted by molar-refractivity contribution is 5.78. The monoisotopic (exact) mass is 209 g/mol. The van der Waals surface area contributed by atoms with E-state index in [0.717, 1.165) is 0 Å². The van der Waals surface area contributed by atoms with Crippen LogP contribution in [0, 0.1) is 0 Å². The Morgan fingerprint density at radius 3 is 3.07 bits per heavy atom. The van der Waals surface area contributed by atoms with Crippen LogP contribution >= 0.6 is 0 Å². The maximum absolute atomic E-state index is 11.3. The summed E-state index contributed by atoms with van der Waals surface area (Å²) in [6.07, 6.45) is 1.58. The van der Waals surface area contributed by atoms with E-state index in [9.17, 15) is 4.79 Å². The number of anilines is 2. The highest BCUT2D eigenvalue weighted by Crippen LogP contribution is 2.09. The molecule has 0 fully saturated rings. The fourth-order valence-corrected chi connectivity index (χ4v) is 1.07. The third-order valence-corrected chi connectivity index (χ3v) is 1.79. The highest BCUT2D eigenvalue weighted by Gasteiger charge is 2.13. The van der Waals surface area contributed by atoms with Crippen molar-refractivity contribution in [3.63, 3.8) is 0 Å². The van der Waals surface area contributed by atoms with Crippen LogP contribution in [-0.4, -0.2) is 23.6 Å². The first-order chi connectivity index (χ1) is 7.13. The number of aromatic nitrogens is 1. The van der Waals surface area contributed by atoms with Crippen molar-refractivity contribution in [2.45, 2.75) is 19.9 Å². The number of nitrogen functional groups attached to an aromatic ring is 1. The Hall–Kier alpha value is -1.78. The fraction of sp³-hybridized carbons (Fsp3) is 0.400. The van der Waals surface area contributed by atoms with E-state index in [1.165, 1.54) is 0 Å². The van der Waals surface area contributed by atoms with E-state index in [1.54, 1.807) is 32.2 Å². The van der Waals surface area contributed by atoms with Crippen LogP contribution in [0.15, 0.2) is 18.3 Å². The molecular formula is C10H15N3O2. The lowest BCUT2D eigenvalue weighted by atomic mass is 10.3. The molecule has 1 heterocycles. The first kappa shape index (κ1) is 11.3. The van der Waals surface area contributed by atoms with E-state index in [2.05, 4.69) is 10.3 Å². The van der Waals surface area contributed by atoms with Crippen molar-refractivity contribution in [1.29, 1.82) is 0 Å². The molecule has 5 heteroatoms. The zero-order chi connectivity index (χ0) is 11.3. The summed E-state index contributed by atoms with van der Waals surface area (Å²) in [5.74, 6) is 0.261. The van der Waals surface area contributed by atoms with Crippen molar-refractivity contribution in [2.75, 3.05) is 17.7 Å². The van der Waals surface area contributed by atoms with Gasteiger partial charge in [0.2, 0.25) is 0 Å². The summed E-state index contributed by atoms with van der Waals surface area (Å²) in [5.41, 5.74) is 6.17. The predicted molar refractivity (Wildman–Crippen MR) is 58.4 cm³/mol. The van der Waals surface area contributed by atoms with Crippen LogP contribution in [0.4, 0.5) is 11.5 Å². The molecule has 1 aromatic heterocycles.